The van der Waals surface area contributed by atoms with Gasteiger partial charge in [0.1, 0.15) is 6.04 Å². The summed E-state index contributed by atoms with van der Waals surface area (Å²) in [5.74, 6) is 0. The fourth-order valence-electron chi connectivity index (χ4n) is 3.09. The molecule has 1 heterocycles. The van der Waals surface area contributed by atoms with Crippen LogP contribution in [0.1, 0.15) is 43.7 Å². The molecule has 0 spiro atoms. The topological polar surface area (TPSA) is 48.7 Å². The maximum absolute atomic E-state index is 9.59. The molecule has 1 aliphatic rings. The third-order valence-corrected chi connectivity index (χ3v) is 4.89. The van der Waals surface area contributed by atoms with Gasteiger partial charge in [0.2, 0.25) is 0 Å². The van der Waals surface area contributed by atoms with Gasteiger partial charge in [0, 0.05) is 27.7 Å². The van der Waals surface area contributed by atoms with E-state index < -0.39 is 0 Å². The fourth-order valence-corrected chi connectivity index (χ4v) is 3.55. The summed E-state index contributed by atoms with van der Waals surface area (Å²) in [6.07, 6.45) is 7.95. The molecule has 3 rings (SSSR count). The van der Waals surface area contributed by atoms with Crippen LogP contribution in [0.3, 0.4) is 0 Å². The first-order valence-corrected chi connectivity index (χ1v) is 8.27. The molecule has 3 nitrogen and oxygen atoms in total. The molecule has 0 amide bonds. The summed E-state index contributed by atoms with van der Waals surface area (Å²) in [4.78, 5) is 4.48. The lowest BCUT2D eigenvalue weighted by Gasteiger charge is -2.26. The normalized spacial score (nSPS) is 17.5. The third-order valence-electron chi connectivity index (χ3n) is 4.20. The zero-order valence-electron chi connectivity index (χ0n) is 11.8. The van der Waals surface area contributed by atoms with E-state index in [1.807, 2.05) is 24.3 Å². The Kier molecular flexibility index (Phi) is 4.52. The third kappa shape index (κ3) is 3.09. The molecule has 1 aliphatic carbocycles. The minimum Gasteiger partial charge on any atom is -0.295 e. The van der Waals surface area contributed by atoms with Crippen molar-refractivity contribution in [1.82, 2.24) is 10.3 Å². The molecule has 1 aromatic heterocycles. The number of nitriles is 1. The van der Waals surface area contributed by atoms with Gasteiger partial charge in [0.25, 0.3) is 0 Å². The zero-order chi connectivity index (χ0) is 14.7. The molecule has 2 aromatic rings. The second kappa shape index (κ2) is 6.55. The number of halogens is 1. The minimum absolute atomic E-state index is 0.293. The number of rotatable bonds is 3. The van der Waals surface area contributed by atoms with Gasteiger partial charge in [-0.2, -0.15) is 5.26 Å². The molecule has 4 heteroatoms. The molecule has 0 saturated heterocycles. The lowest BCUT2D eigenvalue weighted by molar-refractivity contribution is 0.360. The van der Waals surface area contributed by atoms with E-state index >= 15 is 0 Å². The van der Waals surface area contributed by atoms with Gasteiger partial charge in [-0.25, -0.2) is 0 Å². The number of aromatic nitrogens is 1. The standard InChI is InChI=1S/C17H18BrN3/c18-15-9-8-14(17-13(15)7-4-10-20-17)16(11-19)21-12-5-2-1-3-6-12/h4,7-10,12,16,21H,1-3,5-6H2. The first kappa shape index (κ1) is 14.5. The summed E-state index contributed by atoms with van der Waals surface area (Å²) in [7, 11) is 0. The molecule has 0 aliphatic heterocycles. The second-order valence-corrected chi connectivity index (χ2v) is 6.45. The molecular formula is C17H18BrN3. The molecule has 21 heavy (non-hydrogen) atoms. The van der Waals surface area contributed by atoms with Gasteiger partial charge < -0.3 is 0 Å². The highest BCUT2D eigenvalue weighted by Crippen LogP contribution is 2.29. The zero-order valence-corrected chi connectivity index (χ0v) is 13.4. The highest BCUT2D eigenvalue weighted by molar-refractivity contribution is 9.10. The van der Waals surface area contributed by atoms with Gasteiger partial charge in [-0.05, 0) is 25.0 Å². The summed E-state index contributed by atoms with van der Waals surface area (Å²) in [6.45, 7) is 0. The van der Waals surface area contributed by atoms with Gasteiger partial charge in [-0.1, -0.05) is 47.3 Å². The van der Waals surface area contributed by atoms with E-state index in [0.717, 1.165) is 20.9 Å². The SMILES string of the molecule is N#CC(NC1CCCCC1)c1ccc(Br)c2cccnc12. The Hall–Kier alpha value is -1.44. The monoisotopic (exact) mass is 343 g/mol. The Morgan fingerprint density at radius 3 is 2.81 bits per heavy atom. The van der Waals surface area contributed by atoms with Crippen LogP contribution in [-0.4, -0.2) is 11.0 Å². The van der Waals surface area contributed by atoms with E-state index in [1.165, 1.54) is 32.1 Å². The Morgan fingerprint density at radius 1 is 1.24 bits per heavy atom. The maximum atomic E-state index is 9.59. The summed E-state index contributed by atoms with van der Waals surface area (Å²) in [5, 5.41) is 14.2. The van der Waals surface area contributed by atoms with Crippen molar-refractivity contribution in [3.8, 4) is 6.07 Å². The molecule has 1 saturated carbocycles. The molecule has 1 fully saturated rings. The van der Waals surface area contributed by atoms with Crippen molar-refractivity contribution in [3.63, 3.8) is 0 Å². The Morgan fingerprint density at radius 2 is 2.05 bits per heavy atom. The predicted octanol–water partition coefficient (Wildman–Crippen LogP) is 4.48. The number of nitrogens with zero attached hydrogens (tertiary/aromatic N) is 2. The largest absolute Gasteiger partial charge is 0.295 e. The van der Waals surface area contributed by atoms with Crippen molar-refractivity contribution in [1.29, 1.82) is 5.26 Å². The van der Waals surface area contributed by atoms with E-state index in [-0.39, 0.29) is 6.04 Å². The average Bonchev–Trinajstić information content (AvgIpc) is 2.55. The van der Waals surface area contributed by atoms with Crippen LogP contribution >= 0.6 is 15.9 Å². The van der Waals surface area contributed by atoms with E-state index in [0.29, 0.717) is 6.04 Å². The summed E-state index contributed by atoms with van der Waals surface area (Å²) in [5.41, 5.74) is 1.88. The quantitative estimate of drug-likeness (QED) is 0.893. The summed E-state index contributed by atoms with van der Waals surface area (Å²) in [6, 6.07) is 10.5. The Bertz CT molecular complexity index is 671. The van der Waals surface area contributed by atoms with Gasteiger partial charge in [0.05, 0.1) is 11.6 Å². The van der Waals surface area contributed by atoms with Crippen LogP contribution in [-0.2, 0) is 0 Å². The fraction of sp³-hybridized carbons (Fsp3) is 0.412. The lowest BCUT2D eigenvalue weighted by Crippen LogP contribution is -2.34. The van der Waals surface area contributed by atoms with Crippen LogP contribution in [0, 0.1) is 11.3 Å². The number of pyridine rings is 1. The van der Waals surface area contributed by atoms with Crippen molar-refractivity contribution in [2.24, 2.45) is 0 Å². The predicted molar refractivity (Wildman–Crippen MR) is 87.8 cm³/mol. The molecular weight excluding hydrogens is 326 g/mol. The van der Waals surface area contributed by atoms with Crippen LogP contribution in [0.4, 0.5) is 0 Å². The smallest absolute Gasteiger partial charge is 0.123 e. The van der Waals surface area contributed by atoms with Crippen LogP contribution < -0.4 is 5.32 Å². The molecule has 1 atom stereocenters. The van der Waals surface area contributed by atoms with E-state index in [9.17, 15) is 5.26 Å². The van der Waals surface area contributed by atoms with E-state index in [4.69, 9.17) is 0 Å². The van der Waals surface area contributed by atoms with E-state index in [2.05, 4.69) is 32.3 Å². The molecule has 0 radical (unpaired) electrons. The van der Waals surface area contributed by atoms with Gasteiger partial charge in [-0.3, -0.25) is 10.3 Å². The van der Waals surface area contributed by atoms with Crippen molar-refractivity contribution in [2.45, 2.75) is 44.2 Å². The second-order valence-electron chi connectivity index (χ2n) is 5.60. The van der Waals surface area contributed by atoms with Crippen LogP contribution in [0.25, 0.3) is 10.9 Å². The van der Waals surface area contributed by atoms with Gasteiger partial charge in [0.15, 0.2) is 0 Å². The van der Waals surface area contributed by atoms with Crippen molar-refractivity contribution in [3.05, 3.63) is 40.5 Å². The van der Waals surface area contributed by atoms with Crippen LogP contribution in [0.5, 0.6) is 0 Å². The molecule has 1 unspecified atom stereocenters. The number of hydrogen-bond donors (Lipinski definition) is 1. The molecule has 0 bridgehead atoms. The summed E-state index contributed by atoms with van der Waals surface area (Å²) < 4.78 is 1.02. The number of hydrogen-bond acceptors (Lipinski definition) is 3. The minimum atomic E-state index is -0.293. The lowest BCUT2D eigenvalue weighted by atomic mass is 9.94. The Balaban J connectivity index is 1.94. The average molecular weight is 344 g/mol. The van der Waals surface area contributed by atoms with Crippen molar-refractivity contribution in [2.75, 3.05) is 0 Å². The molecule has 1 aromatic carbocycles. The maximum Gasteiger partial charge on any atom is 0.123 e. The number of nitrogens with one attached hydrogen (secondary N) is 1. The van der Waals surface area contributed by atoms with Gasteiger partial charge in [-0.15, -0.1) is 0 Å². The van der Waals surface area contributed by atoms with Crippen LogP contribution in [0.15, 0.2) is 34.9 Å². The molecule has 1 N–H and O–H groups in total. The number of fused-ring (bicyclic) bond motifs is 1. The molecule has 108 valence electrons. The highest BCUT2D eigenvalue weighted by atomic mass is 79.9. The first-order valence-electron chi connectivity index (χ1n) is 7.48. The van der Waals surface area contributed by atoms with E-state index in [1.54, 1.807) is 6.20 Å². The number of benzene rings is 1. The van der Waals surface area contributed by atoms with Crippen LogP contribution in [0.2, 0.25) is 0 Å². The summed E-state index contributed by atoms with van der Waals surface area (Å²) >= 11 is 3.56. The highest BCUT2D eigenvalue weighted by Gasteiger charge is 2.21. The van der Waals surface area contributed by atoms with Gasteiger partial charge >= 0.3 is 0 Å². The first-order chi connectivity index (χ1) is 10.3. The van der Waals surface area contributed by atoms with Crippen molar-refractivity contribution < 1.29 is 0 Å². The Labute approximate surface area is 133 Å². The van der Waals surface area contributed by atoms with Crippen molar-refractivity contribution >= 4 is 26.8 Å².